The molecule has 0 atom stereocenters. The molecule has 0 spiro atoms. The van der Waals surface area contributed by atoms with Crippen molar-refractivity contribution in [2.45, 2.75) is 110 Å². The number of unbranched alkanes of at least 4 members (excludes halogenated alkanes) is 15. The lowest BCUT2D eigenvalue weighted by Crippen LogP contribution is -2.09. The molecule has 0 aromatic carbocycles. The van der Waals surface area contributed by atoms with Crippen LogP contribution in [0.15, 0.2) is 36.9 Å². The lowest BCUT2D eigenvalue weighted by Gasteiger charge is -2.10. The molecule has 0 fully saturated rings. The Kier molecular flexibility index (Phi) is 13.8. The first-order valence-electron chi connectivity index (χ1n) is 15.2. The van der Waals surface area contributed by atoms with Crippen molar-refractivity contribution in [2.75, 3.05) is 6.61 Å². The topological polar surface area (TPSA) is 74.8 Å². The molecule has 3 aromatic rings. The largest absolute Gasteiger partial charge is 0.462 e. The normalized spacial score (nSPS) is 11.3. The highest BCUT2D eigenvalue weighted by molar-refractivity contribution is 5.91. The zero-order valence-electron chi connectivity index (χ0n) is 24.5. The second-order valence-electron chi connectivity index (χ2n) is 10.8. The summed E-state index contributed by atoms with van der Waals surface area (Å²) in [5, 5.41) is 0. The maximum Gasteiger partial charge on any atom is 0.338 e. The molecule has 0 aliphatic heterocycles. The molecule has 214 valence electrons. The fraction of sp³-hybridized carbons (Fsp3) is 0.625. The molecular formula is C32H49N5O2. The lowest BCUT2D eigenvalue weighted by molar-refractivity contribution is 0.0497. The third-order valence-corrected chi connectivity index (χ3v) is 7.39. The van der Waals surface area contributed by atoms with Gasteiger partial charge in [-0.1, -0.05) is 103 Å². The number of hydrogen-bond donors (Lipinski definition) is 0. The molecule has 7 heteroatoms. The minimum Gasteiger partial charge on any atom is -0.462 e. The Labute approximate surface area is 235 Å². The molecule has 0 saturated carbocycles. The second kappa shape index (κ2) is 17.6. The number of pyridine rings is 1. The molecular weight excluding hydrogens is 486 g/mol. The Morgan fingerprint density at radius 3 is 1.46 bits per heavy atom. The van der Waals surface area contributed by atoms with Crippen molar-refractivity contribution >= 4 is 5.97 Å². The maximum absolute atomic E-state index is 12.9. The fourth-order valence-electron chi connectivity index (χ4n) is 5.00. The van der Waals surface area contributed by atoms with Crippen LogP contribution >= 0.6 is 0 Å². The number of carbonyl (C=O) groups excluding carboxylic acids is 1. The summed E-state index contributed by atoms with van der Waals surface area (Å²) >= 11 is 0. The van der Waals surface area contributed by atoms with Crippen LogP contribution in [0.5, 0.6) is 0 Å². The summed E-state index contributed by atoms with van der Waals surface area (Å²) in [6.07, 6.45) is 28.3. The molecule has 3 aromatic heterocycles. The number of aromatic nitrogens is 5. The second-order valence-corrected chi connectivity index (χ2v) is 10.8. The van der Waals surface area contributed by atoms with Gasteiger partial charge in [0.25, 0.3) is 0 Å². The van der Waals surface area contributed by atoms with Crippen molar-refractivity contribution in [3.8, 4) is 23.0 Å². The summed E-state index contributed by atoms with van der Waals surface area (Å²) in [5.41, 5.74) is 1.72. The number of aryl methyl sites for hydroxylation is 2. The van der Waals surface area contributed by atoms with Crippen LogP contribution in [0.4, 0.5) is 0 Å². The Bertz CT molecular complexity index is 1050. The first kappa shape index (κ1) is 30.6. The summed E-state index contributed by atoms with van der Waals surface area (Å²) in [6, 6.07) is 3.51. The summed E-state index contributed by atoms with van der Waals surface area (Å²) in [6.45, 7) is 2.72. The van der Waals surface area contributed by atoms with Crippen molar-refractivity contribution < 1.29 is 9.53 Å². The van der Waals surface area contributed by atoms with Gasteiger partial charge in [-0.3, -0.25) is 0 Å². The number of nitrogens with zero attached hydrogens (tertiary/aromatic N) is 5. The van der Waals surface area contributed by atoms with Crippen LogP contribution in [-0.2, 0) is 18.8 Å². The van der Waals surface area contributed by atoms with E-state index in [1.807, 2.05) is 35.6 Å². The predicted molar refractivity (Wildman–Crippen MR) is 158 cm³/mol. The monoisotopic (exact) mass is 535 g/mol. The van der Waals surface area contributed by atoms with Gasteiger partial charge in [0.05, 0.1) is 12.2 Å². The van der Waals surface area contributed by atoms with Crippen LogP contribution < -0.4 is 0 Å². The highest BCUT2D eigenvalue weighted by Gasteiger charge is 2.17. The van der Waals surface area contributed by atoms with Gasteiger partial charge in [-0.25, -0.2) is 19.7 Å². The zero-order valence-corrected chi connectivity index (χ0v) is 24.5. The van der Waals surface area contributed by atoms with Gasteiger partial charge in [-0.15, -0.1) is 0 Å². The van der Waals surface area contributed by atoms with E-state index in [1.54, 1.807) is 24.5 Å². The van der Waals surface area contributed by atoms with Gasteiger partial charge in [0, 0.05) is 38.9 Å². The van der Waals surface area contributed by atoms with E-state index in [1.165, 1.54) is 89.9 Å². The molecule has 3 rings (SSSR count). The first-order chi connectivity index (χ1) is 19.1. The van der Waals surface area contributed by atoms with E-state index < -0.39 is 0 Å². The molecule has 0 aliphatic carbocycles. The van der Waals surface area contributed by atoms with Crippen LogP contribution in [0.3, 0.4) is 0 Å². The first-order valence-corrected chi connectivity index (χ1v) is 15.2. The molecule has 0 aliphatic rings. The fourth-order valence-corrected chi connectivity index (χ4v) is 5.00. The van der Waals surface area contributed by atoms with Gasteiger partial charge in [0.15, 0.2) is 11.6 Å². The SMILES string of the molecule is CCCCCCCCCCCCCCCCCCOC(=O)c1cc(-c2nccn2C)nc(-c2nccn2C)c1. The number of imidazole rings is 2. The van der Waals surface area contributed by atoms with Crippen molar-refractivity contribution in [2.24, 2.45) is 14.1 Å². The third-order valence-electron chi connectivity index (χ3n) is 7.39. The molecule has 0 amide bonds. The van der Waals surface area contributed by atoms with Gasteiger partial charge in [0.1, 0.15) is 11.4 Å². The predicted octanol–water partition coefficient (Wildman–Crippen LogP) is 8.30. The van der Waals surface area contributed by atoms with E-state index in [9.17, 15) is 4.79 Å². The number of esters is 1. The van der Waals surface area contributed by atoms with Crippen LogP contribution in [0.1, 0.15) is 120 Å². The van der Waals surface area contributed by atoms with E-state index >= 15 is 0 Å². The maximum atomic E-state index is 12.9. The molecule has 0 bridgehead atoms. The smallest absolute Gasteiger partial charge is 0.338 e. The van der Waals surface area contributed by atoms with E-state index in [0.717, 1.165) is 12.8 Å². The van der Waals surface area contributed by atoms with E-state index in [4.69, 9.17) is 9.72 Å². The highest BCUT2D eigenvalue weighted by Crippen LogP contribution is 2.23. The van der Waals surface area contributed by atoms with Crippen molar-refractivity contribution in [3.05, 3.63) is 42.5 Å². The molecule has 7 nitrogen and oxygen atoms in total. The van der Waals surface area contributed by atoms with Crippen molar-refractivity contribution in [1.82, 2.24) is 24.1 Å². The molecule has 39 heavy (non-hydrogen) atoms. The lowest BCUT2D eigenvalue weighted by atomic mass is 10.0. The Morgan fingerprint density at radius 1 is 0.667 bits per heavy atom. The summed E-state index contributed by atoms with van der Waals surface area (Å²) < 4.78 is 9.40. The average molecular weight is 536 g/mol. The summed E-state index contributed by atoms with van der Waals surface area (Å²) in [5.74, 6) is 1.06. The molecule has 0 saturated heterocycles. The molecule has 0 N–H and O–H groups in total. The molecule has 3 heterocycles. The van der Waals surface area contributed by atoms with Crippen molar-refractivity contribution in [1.29, 1.82) is 0 Å². The Hall–Kier alpha value is -2.96. The Balaban J connectivity index is 1.31. The highest BCUT2D eigenvalue weighted by atomic mass is 16.5. The van der Waals surface area contributed by atoms with Gasteiger partial charge >= 0.3 is 5.97 Å². The molecule has 0 unspecified atom stereocenters. The van der Waals surface area contributed by atoms with Gasteiger partial charge < -0.3 is 13.9 Å². The summed E-state index contributed by atoms with van der Waals surface area (Å²) in [7, 11) is 3.82. The van der Waals surface area contributed by atoms with Gasteiger partial charge in [-0.05, 0) is 18.6 Å². The van der Waals surface area contributed by atoms with Gasteiger partial charge in [-0.2, -0.15) is 0 Å². The van der Waals surface area contributed by atoms with Gasteiger partial charge in [0.2, 0.25) is 0 Å². The Morgan fingerprint density at radius 2 is 1.08 bits per heavy atom. The average Bonchev–Trinajstić information content (AvgIpc) is 3.57. The number of ether oxygens (including phenoxy) is 1. The molecule has 0 radical (unpaired) electrons. The zero-order chi connectivity index (χ0) is 27.7. The quantitative estimate of drug-likeness (QED) is 0.107. The summed E-state index contributed by atoms with van der Waals surface area (Å²) in [4.78, 5) is 26.4. The minimum atomic E-state index is -0.329. The van der Waals surface area contributed by atoms with E-state index in [0.29, 0.717) is 35.2 Å². The van der Waals surface area contributed by atoms with E-state index in [-0.39, 0.29) is 5.97 Å². The van der Waals surface area contributed by atoms with E-state index in [2.05, 4.69) is 16.9 Å². The number of hydrogen-bond acceptors (Lipinski definition) is 5. The van der Waals surface area contributed by atoms with Crippen LogP contribution in [0, 0.1) is 0 Å². The van der Waals surface area contributed by atoms with Crippen LogP contribution in [-0.4, -0.2) is 36.7 Å². The number of rotatable bonds is 20. The van der Waals surface area contributed by atoms with Crippen LogP contribution in [0.25, 0.3) is 23.0 Å². The minimum absolute atomic E-state index is 0.329. The number of carbonyl (C=O) groups is 1. The standard InChI is InChI=1S/C32H49N5O2/c1-4-5-6-7-8-9-10-11-12-13-14-15-16-17-18-19-24-39-32(38)27-25-28(30-33-20-22-36(30)2)35-29(26-27)31-34-21-23-37(31)3/h20-23,25-26H,4-19,24H2,1-3H3. The third kappa shape index (κ3) is 10.6. The van der Waals surface area contributed by atoms with Crippen LogP contribution in [0.2, 0.25) is 0 Å². The van der Waals surface area contributed by atoms with Crippen molar-refractivity contribution in [3.63, 3.8) is 0 Å².